The molecule has 10 heterocycles. The number of hydrogen-bond donors (Lipinski definition) is 2. The van der Waals surface area contributed by atoms with Crippen LogP contribution in [0.25, 0.3) is 0 Å². The van der Waals surface area contributed by atoms with E-state index < -0.39 is 47.0 Å². The maximum absolute atomic E-state index is 14.5. The second-order valence-corrected chi connectivity index (χ2v) is 31.6. The van der Waals surface area contributed by atoms with Gasteiger partial charge in [0.05, 0.1) is 23.5 Å². The standard InChI is InChI=1S/C37H51FN6O5.C24H32FN5O2.C13H21NO4/c1-23(2)43(24(3)4)33(45)28-18-26(38)10-13-29(28)48-30-19-39-22-40-32(30)41-16-14-37(20-41)15-17-42(21-37)34(46)31-25-8-11-27(12-9-25)44(31)35(47)49-36(5,6)7;1-16(2)30(17(3)4)23(31)19-11-18(25)5-6-20(19)32-21-12-27-15-28-22(21)29-10-8-24(14-29)7-9-26-13-24;1-13(2,3)18-12(17)14-9-6-4-8(5-7-9)10(14)11(15)16/h10,13,18-19,22-25,27,31H,8-9,11-12,14-17,20-21H2,1-7H3;5-6,11-12,15-17,26H,7-10,13-14H2,1-4H3;8-10H,4-7H2,1-3H3,(H,15,16)/t25?,27?,31-,37?;;8?,9?,10-/m0.0/s1. The molecule has 4 aromatic rings. The average Bonchev–Trinajstić information content (AvgIpc) is 1.75. The van der Waals surface area contributed by atoms with Crippen LogP contribution >= 0.6 is 0 Å². The summed E-state index contributed by atoms with van der Waals surface area (Å²) < 4.78 is 52.3. The van der Waals surface area contributed by atoms with Gasteiger partial charge in [-0.2, -0.15) is 0 Å². The maximum Gasteiger partial charge on any atom is 0.411 e. The van der Waals surface area contributed by atoms with E-state index in [4.69, 9.17) is 18.9 Å². The summed E-state index contributed by atoms with van der Waals surface area (Å²) in [7, 11) is 0. The van der Waals surface area contributed by atoms with Crippen molar-refractivity contribution in [3.8, 4) is 23.0 Å². The van der Waals surface area contributed by atoms with Gasteiger partial charge in [0, 0.05) is 92.9 Å². The molecule has 0 radical (unpaired) electrons. The molecule has 8 aliphatic heterocycles. The summed E-state index contributed by atoms with van der Waals surface area (Å²) in [6.07, 6.45) is 16.6. The minimum Gasteiger partial charge on any atom is -0.480 e. The first-order valence-corrected chi connectivity index (χ1v) is 35.7. The van der Waals surface area contributed by atoms with Gasteiger partial charge in [0.25, 0.3) is 11.8 Å². The highest BCUT2D eigenvalue weighted by molar-refractivity contribution is 5.98. The number of carbonyl (C=O) groups excluding carboxylic acids is 5. The number of benzene rings is 2. The Morgan fingerprint density at radius 1 is 0.556 bits per heavy atom. The smallest absolute Gasteiger partial charge is 0.411 e. The van der Waals surface area contributed by atoms with E-state index in [2.05, 4.69) is 35.1 Å². The van der Waals surface area contributed by atoms with Gasteiger partial charge in [0.15, 0.2) is 23.1 Å². The molecule has 2 N–H and O–H groups in total. The van der Waals surface area contributed by atoms with Crippen LogP contribution in [-0.4, -0.2) is 197 Å². The molecule has 540 valence electrons. The van der Waals surface area contributed by atoms with Crippen molar-refractivity contribution in [1.29, 1.82) is 0 Å². The molecular weight excluding hydrogens is 1270 g/mol. The molecule has 99 heavy (non-hydrogen) atoms. The topological polar surface area (TPSA) is 246 Å². The number of carboxylic acid groups (broad SMARTS) is 1. The molecule has 2 aromatic carbocycles. The first kappa shape index (κ1) is 73.7. The summed E-state index contributed by atoms with van der Waals surface area (Å²) >= 11 is 0. The van der Waals surface area contributed by atoms with E-state index in [1.54, 1.807) is 47.9 Å². The van der Waals surface area contributed by atoms with Crippen LogP contribution in [0.5, 0.6) is 23.0 Å². The number of nitrogens with zero attached hydrogens (tertiary/aromatic N) is 11. The SMILES string of the molecule is CC(C)(C)OC(=O)N1C2CCC(CC2)[C@H]1C(=O)O.CC(C)N(C(=O)c1cc(F)ccc1Oc1cncnc1N1CCC2(CCN(C(=O)[C@@H]3C4CCC(CC4)N3C(=O)OC(C)(C)C)C2)C1)C(C)C.CC(C)N(C(=O)c1cc(F)ccc1Oc1cncnc1N1CCC2(CCNC2)C1)C(C)C. The lowest BCUT2D eigenvalue weighted by molar-refractivity contribution is -0.152. The number of aliphatic carboxylic acids is 1. The number of fused-ring (bicyclic) bond motifs is 6. The number of halogens is 2. The first-order chi connectivity index (χ1) is 46.7. The number of hydrogen-bond acceptors (Lipinski definition) is 17. The molecule has 4 bridgehead atoms. The monoisotopic (exact) mass is 1370 g/mol. The molecule has 10 fully saturated rings. The summed E-state index contributed by atoms with van der Waals surface area (Å²) in [4.78, 5) is 109. The number of piperidine rings is 4. The Balaban J connectivity index is 0.000000180. The van der Waals surface area contributed by atoms with Crippen LogP contribution in [0.15, 0.2) is 61.4 Å². The summed E-state index contributed by atoms with van der Waals surface area (Å²) in [5.41, 5.74) is -0.747. The van der Waals surface area contributed by atoms with Crippen LogP contribution < -0.4 is 24.6 Å². The minimum absolute atomic E-state index is 0.0324. The van der Waals surface area contributed by atoms with Gasteiger partial charge in [-0.15, -0.1) is 0 Å². The largest absolute Gasteiger partial charge is 0.480 e. The Hall–Kier alpha value is -7.96. The Morgan fingerprint density at radius 2 is 0.970 bits per heavy atom. The van der Waals surface area contributed by atoms with Gasteiger partial charge in [-0.25, -0.2) is 43.1 Å². The number of anilines is 2. The van der Waals surface area contributed by atoms with Crippen molar-refractivity contribution in [2.24, 2.45) is 22.7 Å². The third kappa shape index (κ3) is 16.8. The second-order valence-electron chi connectivity index (χ2n) is 31.6. The van der Waals surface area contributed by atoms with Crippen LogP contribution in [0.4, 0.5) is 30.0 Å². The quantitative estimate of drug-likeness (QED) is 0.119. The Kier molecular flexibility index (Phi) is 22.4. The van der Waals surface area contributed by atoms with Crippen LogP contribution in [0.1, 0.15) is 195 Å². The second kappa shape index (κ2) is 30.1. The highest BCUT2D eigenvalue weighted by Gasteiger charge is 2.54. The number of amides is 5. The fraction of sp³-hybridized carbons (Fsp3) is 0.649. The number of aromatic nitrogens is 4. The fourth-order valence-electron chi connectivity index (χ4n) is 16.5. The molecule has 2 spiro atoms. The number of carbonyl (C=O) groups is 6. The van der Waals surface area contributed by atoms with Crippen molar-refractivity contribution in [2.45, 2.75) is 234 Å². The molecule has 8 saturated heterocycles. The molecule has 4 atom stereocenters. The molecule has 10 aliphatic rings. The summed E-state index contributed by atoms with van der Waals surface area (Å²) in [5.74, 6) is 0.450. The Labute approximate surface area is 582 Å². The zero-order chi connectivity index (χ0) is 71.6. The third-order valence-electron chi connectivity index (χ3n) is 20.8. The van der Waals surface area contributed by atoms with Crippen LogP contribution in [-0.2, 0) is 19.1 Å². The van der Waals surface area contributed by atoms with Gasteiger partial charge in [0.1, 0.15) is 59.1 Å². The molecule has 14 rings (SSSR count). The fourth-order valence-corrected chi connectivity index (χ4v) is 16.5. The summed E-state index contributed by atoms with van der Waals surface area (Å²) in [6, 6.07) is 6.67. The molecule has 2 aromatic heterocycles. The lowest BCUT2D eigenvalue weighted by Gasteiger charge is -2.51. The number of carboxylic acids is 1. The van der Waals surface area contributed by atoms with Crippen molar-refractivity contribution in [3.05, 3.63) is 84.2 Å². The van der Waals surface area contributed by atoms with Crippen LogP contribution in [0.3, 0.4) is 0 Å². The van der Waals surface area contributed by atoms with Gasteiger partial charge < -0.3 is 53.9 Å². The molecule has 2 unspecified atom stereocenters. The molecule has 25 heteroatoms. The van der Waals surface area contributed by atoms with Gasteiger partial charge in [-0.3, -0.25) is 24.2 Å². The number of likely N-dealkylation sites (tertiary alicyclic amines) is 1. The van der Waals surface area contributed by atoms with Crippen molar-refractivity contribution in [3.63, 3.8) is 0 Å². The zero-order valence-corrected chi connectivity index (χ0v) is 60.4. The third-order valence-corrected chi connectivity index (χ3v) is 20.8. The van der Waals surface area contributed by atoms with E-state index in [0.29, 0.717) is 55.1 Å². The Bertz CT molecular complexity index is 3550. The summed E-state index contributed by atoms with van der Waals surface area (Å²) in [6.45, 7) is 32.9. The van der Waals surface area contributed by atoms with E-state index in [9.17, 15) is 42.7 Å². The molecule has 23 nitrogen and oxygen atoms in total. The molecule has 2 aliphatic carbocycles. The van der Waals surface area contributed by atoms with Crippen LogP contribution in [0.2, 0.25) is 0 Å². The number of rotatable bonds is 14. The first-order valence-electron chi connectivity index (χ1n) is 35.7. The van der Waals surface area contributed by atoms with Gasteiger partial charge in [-0.05, 0) is 229 Å². The molecular formula is C74H104F2N12O11. The summed E-state index contributed by atoms with van der Waals surface area (Å²) in [5, 5.41) is 12.8. The lowest BCUT2D eigenvalue weighted by Crippen LogP contribution is -2.63. The van der Waals surface area contributed by atoms with Crippen molar-refractivity contribution >= 4 is 47.5 Å². The highest BCUT2D eigenvalue weighted by atomic mass is 19.1. The molecule has 5 amide bonds. The van der Waals surface area contributed by atoms with Crippen LogP contribution in [0, 0.1) is 34.3 Å². The van der Waals surface area contributed by atoms with E-state index in [-0.39, 0.29) is 99.6 Å². The van der Waals surface area contributed by atoms with Gasteiger partial charge in [0.2, 0.25) is 5.91 Å². The van der Waals surface area contributed by atoms with E-state index in [1.807, 2.05) is 81.1 Å². The zero-order valence-electron chi connectivity index (χ0n) is 60.4. The van der Waals surface area contributed by atoms with Gasteiger partial charge >= 0.3 is 18.2 Å². The van der Waals surface area contributed by atoms with E-state index in [0.717, 1.165) is 103 Å². The predicted molar refractivity (Wildman–Crippen MR) is 370 cm³/mol. The number of nitrogens with one attached hydrogen (secondary N) is 1. The van der Waals surface area contributed by atoms with Crippen molar-refractivity contribution in [1.82, 2.24) is 49.8 Å². The number of ether oxygens (including phenoxy) is 4. The minimum atomic E-state index is -0.907. The van der Waals surface area contributed by atoms with Crippen molar-refractivity contribution < 1.29 is 61.6 Å². The van der Waals surface area contributed by atoms with Crippen molar-refractivity contribution in [2.75, 3.05) is 62.2 Å². The normalized spacial score (nSPS) is 24.7. The highest BCUT2D eigenvalue weighted by Crippen LogP contribution is 2.48. The van der Waals surface area contributed by atoms with E-state index >= 15 is 0 Å². The Morgan fingerprint density at radius 3 is 1.38 bits per heavy atom. The van der Waals surface area contributed by atoms with E-state index in [1.165, 1.54) is 54.0 Å². The van der Waals surface area contributed by atoms with Gasteiger partial charge in [-0.1, -0.05) is 0 Å². The predicted octanol–water partition coefficient (Wildman–Crippen LogP) is 12.4. The maximum atomic E-state index is 14.5. The average molecular weight is 1380 g/mol. The lowest BCUT2D eigenvalue weighted by atomic mass is 9.74. The molecule has 2 saturated carbocycles.